The van der Waals surface area contributed by atoms with Gasteiger partial charge in [0, 0.05) is 6.20 Å². The maximum atomic E-state index is 12.5. The van der Waals surface area contributed by atoms with Gasteiger partial charge in [0.2, 0.25) is 0 Å². The van der Waals surface area contributed by atoms with Crippen molar-refractivity contribution in [3.8, 4) is 5.75 Å². The number of hydrogen-bond acceptors (Lipinski definition) is 4. The highest BCUT2D eigenvalue weighted by Gasteiger charge is 2.47. The van der Waals surface area contributed by atoms with E-state index in [2.05, 4.69) is 15.6 Å². The highest BCUT2D eigenvalue weighted by atomic mass is 16.5. The van der Waals surface area contributed by atoms with Gasteiger partial charge in [0.1, 0.15) is 11.6 Å². The first kappa shape index (κ1) is 14.1. The Morgan fingerprint density at radius 1 is 1.27 bits per heavy atom. The first-order valence-corrected chi connectivity index (χ1v) is 6.83. The number of para-hydroxylation sites is 2. The van der Waals surface area contributed by atoms with Crippen LogP contribution in [0.2, 0.25) is 0 Å². The molecule has 6 heteroatoms. The quantitative estimate of drug-likeness (QED) is 0.832. The van der Waals surface area contributed by atoms with Gasteiger partial charge in [-0.25, -0.2) is 4.98 Å². The second-order valence-electron chi connectivity index (χ2n) is 5.21. The van der Waals surface area contributed by atoms with E-state index >= 15 is 0 Å². The lowest BCUT2D eigenvalue weighted by atomic mass is 10.0. The summed E-state index contributed by atoms with van der Waals surface area (Å²) in [7, 11) is 0. The van der Waals surface area contributed by atoms with Crippen LogP contribution in [0.1, 0.15) is 12.5 Å². The number of amides is 2. The highest BCUT2D eigenvalue weighted by molar-refractivity contribution is 6.18. The van der Waals surface area contributed by atoms with Crippen LogP contribution in [0.3, 0.4) is 0 Å². The first-order valence-electron chi connectivity index (χ1n) is 6.83. The lowest BCUT2D eigenvalue weighted by Crippen LogP contribution is -2.56. The second kappa shape index (κ2) is 5.14. The largest absolute Gasteiger partial charge is 0.466 e. The van der Waals surface area contributed by atoms with Crippen molar-refractivity contribution in [1.82, 2.24) is 4.98 Å². The van der Waals surface area contributed by atoms with Crippen LogP contribution in [0.5, 0.6) is 5.75 Å². The van der Waals surface area contributed by atoms with Gasteiger partial charge in [0.05, 0.1) is 5.69 Å². The van der Waals surface area contributed by atoms with Crippen LogP contribution in [0.4, 0.5) is 11.5 Å². The summed E-state index contributed by atoms with van der Waals surface area (Å²) in [6.07, 6.45) is 1.57. The SMILES string of the molecule is Cc1cccnc1NC(=O)C1(C)Oc2ccccc2NC1=O. The number of rotatable bonds is 2. The standard InChI is InChI=1S/C16H15N3O3/c1-10-6-5-9-17-13(10)19-15(21)16(2)14(20)18-11-7-3-4-8-12(11)22-16/h3-9H,1-2H3,(H,18,20)(H,17,19,21). The fourth-order valence-corrected chi connectivity index (χ4v) is 2.16. The van der Waals surface area contributed by atoms with Crippen molar-refractivity contribution in [3.63, 3.8) is 0 Å². The summed E-state index contributed by atoms with van der Waals surface area (Å²) in [6, 6.07) is 10.6. The van der Waals surface area contributed by atoms with E-state index in [1.165, 1.54) is 6.92 Å². The number of fused-ring (bicyclic) bond motifs is 1. The molecule has 0 saturated heterocycles. The zero-order chi connectivity index (χ0) is 15.7. The Morgan fingerprint density at radius 2 is 2.05 bits per heavy atom. The molecule has 112 valence electrons. The molecule has 1 aromatic heterocycles. The van der Waals surface area contributed by atoms with E-state index in [0.29, 0.717) is 17.3 Å². The van der Waals surface area contributed by atoms with Crippen LogP contribution < -0.4 is 15.4 Å². The van der Waals surface area contributed by atoms with E-state index in [1.807, 2.05) is 13.0 Å². The summed E-state index contributed by atoms with van der Waals surface area (Å²) in [5.41, 5.74) is -0.305. The molecule has 1 aliphatic rings. The predicted molar refractivity (Wildman–Crippen MR) is 81.7 cm³/mol. The summed E-state index contributed by atoms with van der Waals surface area (Å²) >= 11 is 0. The monoisotopic (exact) mass is 297 g/mol. The zero-order valence-corrected chi connectivity index (χ0v) is 12.2. The normalized spacial score (nSPS) is 19.6. The van der Waals surface area contributed by atoms with Gasteiger partial charge in [0.25, 0.3) is 17.4 Å². The third-order valence-electron chi connectivity index (χ3n) is 3.56. The van der Waals surface area contributed by atoms with E-state index in [0.717, 1.165) is 5.56 Å². The smallest absolute Gasteiger partial charge is 0.279 e. The number of aromatic nitrogens is 1. The minimum Gasteiger partial charge on any atom is -0.466 e. The maximum absolute atomic E-state index is 12.5. The Morgan fingerprint density at radius 3 is 2.82 bits per heavy atom. The summed E-state index contributed by atoms with van der Waals surface area (Å²) in [5.74, 6) is -0.222. The van der Waals surface area contributed by atoms with Crippen molar-refractivity contribution in [2.45, 2.75) is 19.4 Å². The number of ether oxygens (including phenoxy) is 1. The summed E-state index contributed by atoms with van der Waals surface area (Å²) in [5, 5.41) is 5.33. The molecule has 22 heavy (non-hydrogen) atoms. The maximum Gasteiger partial charge on any atom is 0.279 e. The van der Waals surface area contributed by atoms with Gasteiger partial charge in [-0.3, -0.25) is 9.59 Å². The molecule has 1 aliphatic heterocycles. The summed E-state index contributed by atoms with van der Waals surface area (Å²) in [4.78, 5) is 28.9. The van der Waals surface area contributed by atoms with Crippen LogP contribution in [0.15, 0.2) is 42.6 Å². The third kappa shape index (κ3) is 2.28. The first-order chi connectivity index (χ1) is 10.5. The van der Waals surface area contributed by atoms with Crippen molar-refractivity contribution >= 4 is 23.3 Å². The van der Waals surface area contributed by atoms with Crippen LogP contribution in [-0.2, 0) is 9.59 Å². The number of anilines is 2. The van der Waals surface area contributed by atoms with Gasteiger partial charge in [-0.1, -0.05) is 18.2 Å². The van der Waals surface area contributed by atoms with Crippen molar-refractivity contribution in [2.75, 3.05) is 10.6 Å². The summed E-state index contributed by atoms with van der Waals surface area (Å²) in [6.45, 7) is 3.26. The second-order valence-corrected chi connectivity index (χ2v) is 5.21. The van der Waals surface area contributed by atoms with Crippen LogP contribution in [0, 0.1) is 6.92 Å². The van der Waals surface area contributed by atoms with Gasteiger partial charge in [0.15, 0.2) is 0 Å². The number of pyridine rings is 1. The molecule has 3 rings (SSSR count). The molecular formula is C16H15N3O3. The average Bonchev–Trinajstić information content (AvgIpc) is 2.50. The number of nitrogens with zero attached hydrogens (tertiary/aromatic N) is 1. The lowest BCUT2D eigenvalue weighted by Gasteiger charge is -2.33. The van der Waals surface area contributed by atoms with Gasteiger partial charge >= 0.3 is 0 Å². The molecule has 0 radical (unpaired) electrons. The molecule has 0 bridgehead atoms. The Balaban J connectivity index is 1.89. The van der Waals surface area contributed by atoms with E-state index in [1.54, 1.807) is 36.5 Å². The van der Waals surface area contributed by atoms with E-state index in [4.69, 9.17) is 4.74 Å². The average molecular weight is 297 g/mol. The van der Waals surface area contributed by atoms with Crippen molar-refractivity contribution in [1.29, 1.82) is 0 Å². The number of nitrogens with one attached hydrogen (secondary N) is 2. The number of carbonyl (C=O) groups is 2. The molecule has 6 nitrogen and oxygen atoms in total. The lowest BCUT2D eigenvalue weighted by molar-refractivity contribution is -0.143. The number of aryl methyl sites for hydroxylation is 1. The molecule has 0 spiro atoms. The van der Waals surface area contributed by atoms with Crippen LogP contribution >= 0.6 is 0 Å². The van der Waals surface area contributed by atoms with E-state index in [-0.39, 0.29) is 0 Å². The minimum atomic E-state index is -1.65. The zero-order valence-electron chi connectivity index (χ0n) is 12.2. The Hall–Kier alpha value is -2.89. The molecule has 1 unspecified atom stereocenters. The van der Waals surface area contributed by atoms with Crippen molar-refractivity contribution < 1.29 is 14.3 Å². The van der Waals surface area contributed by atoms with Gasteiger partial charge in [-0.05, 0) is 37.6 Å². The molecular weight excluding hydrogens is 282 g/mol. The molecule has 0 saturated carbocycles. The number of benzene rings is 1. The molecule has 0 fully saturated rings. The highest BCUT2D eigenvalue weighted by Crippen LogP contribution is 2.33. The van der Waals surface area contributed by atoms with Gasteiger partial charge in [-0.2, -0.15) is 0 Å². The molecule has 2 amide bonds. The molecule has 0 aliphatic carbocycles. The number of carbonyl (C=O) groups excluding carboxylic acids is 2. The Bertz CT molecular complexity index is 760. The molecule has 1 atom stereocenters. The van der Waals surface area contributed by atoms with E-state index < -0.39 is 17.4 Å². The molecule has 2 aromatic rings. The molecule has 2 N–H and O–H groups in total. The minimum absolute atomic E-state index is 0.406. The Kier molecular flexibility index (Phi) is 3.29. The number of hydrogen-bond donors (Lipinski definition) is 2. The van der Waals surface area contributed by atoms with Crippen molar-refractivity contribution in [2.24, 2.45) is 0 Å². The van der Waals surface area contributed by atoms with Crippen LogP contribution in [-0.4, -0.2) is 22.4 Å². The fourth-order valence-electron chi connectivity index (χ4n) is 2.16. The predicted octanol–water partition coefficient (Wildman–Crippen LogP) is 2.12. The Labute approximate surface area is 127 Å². The van der Waals surface area contributed by atoms with Gasteiger partial charge < -0.3 is 15.4 Å². The third-order valence-corrected chi connectivity index (χ3v) is 3.56. The van der Waals surface area contributed by atoms with Crippen LogP contribution in [0.25, 0.3) is 0 Å². The van der Waals surface area contributed by atoms with E-state index in [9.17, 15) is 9.59 Å². The fraction of sp³-hybridized carbons (Fsp3) is 0.188. The topological polar surface area (TPSA) is 80.3 Å². The van der Waals surface area contributed by atoms with Gasteiger partial charge in [-0.15, -0.1) is 0 Å². The summed E-state index contributed by atoms with van der Waals surface area (Å²) < 4.78 is 5.65. The van der Waals surface area contributed by atoms with Crippen molar-refractivity contribution in [3.05, 3.63) is 48.2 Å². The molecule has 2 heterocycles. The molecule has 1 aromatic carbocycles.